The summed E-state index contributed by atoms with van der Waals surface area (Å²) < 4.78 is 0. The van der Waals surface area contributed by atoms with Crippen molar-refractivity contribution in [3.8, 4) is 5.75 Å². The molecule has 0 aromatic heterocycles. The van der Waals surface area contributed by atoms with Crippen molar-refractivity contribution in [2.45, 2.75) is 90.4 Å². The van der Waals surface area contributed by atoms with Gasteiger partial charge in [-0.25, -0.2) is 0 Å². The second kappa shape index (κ2) is 9.71. The first-order valence-electron chi connectivity index (χ1n) is 14.9. The molecule has 1 amide bonds. The summed E-state index contributed by atoms with van der Waals surface area (Å²) in [6.45, 7) is 8.92. The first-order valence-corrected chi connectivity index (χ1v) is 14.9. The molecule has 0 bridgehead atoms. The number of hydrogen-bond acceptors (Lipinski definition) is 8. The number of benzene rings is 1. The molecule has 0 aliphatic heterocycles. The number of hydrogen-bond donors (Lipinski definition) is 5. The molecular formula is C32H43NO8. The SMILES string of the molecule is CC(C)[C@H]1C(O)[C@@H](C(N)=O)C(=O)[C@]2(O)C(O)[C@H]3C(=O)c4c(O)cccc4[C@@H](C)[C@]3(C)[C@@H](CC(=O)C3CCCC3)[C@]12C. The van der Waals surface area contributed by atoms with E-state index in [9.17, 15) is 39.6 Å². The van der Waals surface area contributed by atoms with Gasteiger partial charge in [-0.3, -0.25) is 19.2 Å². The van der Waals surface area contributed by atoms with E-state index in [2.05, 4.69) is 0 Å². The summed E-state index contributed by atoms with van der Waals surface area (Å²) in [5.41, 5.74) is 0.717. The van der Waals surface area contributed by atoms with Crippen LogP contribution in [0.1, 0.15) is 88.6 Å². The van der Waals surface area contributed by atoms with Gasteiger partial charge in [0.15, 0.2) is 17.2 Å². The van der Waals surface area contributed by atoms with Gasteiger partial charge in [0.1, 0.15) is 23.6 Å². The Labute approximate surface area is 240 Å². The van der Waals surface area contributed by atoms with Gasteiger partial charge in [-0.05, 0) is 53.6 Å². The fourth-order valence-electron chi connectivity index (χ4n) is 9.99. The normalized spacial score (nSPS) is 42.5. The number of aromatic hydroxyl groups is 1. The third-order valence-electron chi connectivity index (χ3n) is 12.0. The van der Waals surface area contributed by atoms with Gasteiger partial charge in [0.25, 0.3) is 0 Å². The fraction of sp³-hybridized carbons (Fsp3) is 0.688. The van der Waals surface area contributed by atoms with Crippen LogP contribution in [0.3, 0.4) is 0 Å². The van der Waals surface area contributed by atoms with Gasteiger partial charge in [0.05, 0.1) is 17.6 Å². The number of phenols is 1. The molecule has 41 heavy (non-hydrogen) atoms. The molecule has 2 unspecified atom stereocenters. The summed E-state index contributed by atoms with van der Waals surface area (Å²) in [6.07, 6.45) is -0.296. The number of carbonyl (C=O) groups is 4. The van der Waals surface area contributed by atoms with E-state index in [4.69, 9.17) is 5.73 Å². The highest BCUT2D eigenvalue weighted by Crippen LogP contribution is 2.71. The molecule has 3 fully saturated rings. The van der Waals surface area contributed by atoms with E-state index < -0.39 is 81.6 Å². The molecular weight excluding hydrogens is 526 g/mol. The summed E-state index contributed by atoms with van der Waals surface area (Å²) in [5, 5.41) is 47.1. The topological polar surface area (TPSA) is 175 Å². The Morgan fingerprint density at radius 1 is 1.10 bits per heavy atom. The van der Waals surface area contributed by atoms with E-state index in [1.54, 1.807) is 32.9 Å². The van der Waals surface area contributed by atoms with Crippen molar-refractivity contribution >= 4 is 23.3 Å². The zero-order chi connectivity index (χ0) is 30.4. The van der Waals surface area contributed by atoms with Crippen LogP contribution in [0.15, 0.2) is 18.2 Å². The van der Waals surface area contributed by atoms with E-state index in [1.807, 2.05) is 13.8 Å². The Balaban J connectivity index is 1.83. The summed E-state index contributed by atoms with van der Waals surface area (Å²) >= 11 is 0. The molecule has 9 nitrogen and oxygen atoms in total. The van der Waals surface area contributed by atoms with Crippen molar-refractivity contribution in [3.05, 3.63) is 29.3 Å². The number of nitrogens with two attached hydrogens (primary N) is 1. The number of aliphatic hydroxyl groups excluding tert-OH is 2. The highest BCUT2D eigenvalue weighted by molar-refractivity contribution is 6.09. The van der Waals surface area contributed by atoms with Gasteiger partial charge in [0, 0.05) is 17.8 Å². The number of rotatable bonds is 5. The monoisotopic (exact) mass is 569 g/mol. The van der Waals surface area contributed by atoms with Crippen molar-refractivity contribution in [1.29, 1.82) is 0 Å². The molecule has 0 spiro atoms. The number of amides is 1. The highest BCUT2D eigenvalue weighted by atomic mass is 16.4. The molecule has 1 aromatic carbocycles. The van der Waals surface area contributed by atoms with Crippen LogP contribution in [0, 0.1) is 46.3 Å². The van der Waals surface area contributed by atoms with E-state index in [0.717, 1.165) is 25.7 Å². The molecule has 0 radical (unpaired) electrons. The van der Waals surface area contributed by atoms with Crippen LogP contribution in [0.2, 0.25) is 0 Å². The summed E-state index contributed by atoms with van der Waals surface area (Å²) in [7, 11) is 0. The summed E-state index contributed by atoms with van der Waals surface area (Å²) in [6, 6.07) is 4.76. The van der Waals surface area contributed by atoms with Gasteiger partial charge in [0.2, 0.25) is 5.91 Å². The highest BCUT2D eigenvalue weighted by Gasteiger charge is 2.80. The molecule has 4 aliphatic carbocycles. The van der Waals surface area contributed by atoms with Gasteiger partial charge in [-0.2, -0.15) is 0 Å². The van der Waals surface area contributed by atoms with Crippen LogP contribution in [-0.2, 0) is 14.4 Å². The Morgan fingerprint density at radius 2 is 1.71 bits per heavy atom. The first-order chi connectivity index (χ1) is 19.1. The molecule has 5 rings (SSSR count). The quantitative estimate of drug-likeness (QED) is 0.336. The molecule has 3 saturated carbocycles. The molecule has 0 heterocycles. The van der Waals surface area contributed by atoms with E-state index >= 15 is 0 Å². The van der Waals surface area contributed by atoms with Crippen LogP contribution >= 0.6 is 0 Å². The van der Waals surface area contributed by atoms with Crippen LogP contribution in [-0.4, -0.2) is 61.5 Å². The first kappa shape index (κ1) is 29.9. The third-order valence-corrected chi connectivity index (χ3v) is 12.0. The van der Waals surface area contributed by atoms with Crippen molar-refractivity contribution in [2.24, 2.45) is 52.1 Å². The van der Waals surface area contributed by atoms with E-state index in [0.29, 0.717) is 5.56 Å². The molecule has 6 N–H and O–H groups in total. The lowest BCUT2D eigenvalue weighted by Crippen LogP contribution is -2.82. The average molecular weight is 570 g/mol. The maximum absolute atomic E-state index is 14.3. The second-order valence-corrected chi connectivity index (χ2v) is 13.9. The standard InChI is InChI=1S/C32H43NO8/c1-14(2)23-26(37)22(29(33)40)27(38)32(41)28(39)24-25(36)21-17(11-8-12-18(21)34)15(3)30(24,4)20(31(23,32)5)13-19(35)16-9-6-7-10-16/h8,11-12,14-16,20,22-24,26,28,34,37,39,41H,6-7,9-10,13H2,1-5H3,(H2,33,40)/t15-,20-,22-,23+,24-,26?,28?,30-,31-,32+/m1/s1. The van der Waals surface area contributed by atoms with Crippen LogP contribution in [0.4, 0.5) is 0 Å². The molecule has 4 aliphatic rings. The minimum atomic E-state index is -2.68. The number of phenolic OH excluding ortho intramolecular Hbond substituents is 1. The second-order valence-electron chi connectivity index (χ2n) is 13.9. The Kier molecular flexibility index (Phi) is 7.07. The number of aliphatic hydroxyl groups is 3. The lowest BCUT2D eigenvalue weighted by atomic mass is 9.33. The van der Waals surface area contributed by atoms with Gasteiger partial charge in [-0.15, -0.1) is 0 Å². The Bertz CT molecular complexity index is 1300. The minimum Gasteiger partial charge on any atom is -0.507 e. The number of fused-ring (bicyclic) bond motifs is 3. The fourth-order valence-corrected chi connectivity index (χ4v) is 9.99. The average Bonchev–Trinajstić information content (AvgIpc) is 3.43. The van der Waals surface area contributed by atoms with Crippen molar-refractivity contribution < 1.29 is 39.6 Å². The zero-order valence-electron chi connectivity index (χ0n) is 24.5. The zero-order valence-corrected chi connectivity index (χ0v) is 24.5. The molecule has 0 saturated heterocycles. The predicted octanol–water partition coefficient (Wildman–Crippen LogP) is 2.51. The molecule has 10 atom stereocenters. The number of Topliss-reactive ketones (excluding diaryl/α,β-unsaturated/α-hetero) is 3. The Morgan fingerprint density at radius 3 is 2.27 bits per heavy atom. The predicted molar refractivity (Wildman–Crippen MR) is 149 cm³/mol. The minimum absolute atomic E-state index is 0.0183. The Hall–Kier alpha value is -2.62. The maximum atomic E-state index is 14.3. The third kappa shape index (κ3) is 3.64. The van der Waals surface area contributed by atoms with Gasteiger partial charge >= 0.3 is 0 Å². The molecule has 9 heteroatoms. The lowest BCUT2D eigenvalue weighted by Gasteiger charge is -2.71. The van der Waals surface area contributed by atoms with Gasteiger partial charge < -0.3 is 26.2 Å². The molecule has 224 valence electrons. The largest absolute Gasteiger partial charge is 0.507 e. The lowest BCUT2D eigenvalue weighted by molar-refractivity contribution is -0.292. The summed E-state index contributed by atoms with van der Waals surface area (Å²) in [5.74, 6) is -9.23. The van der Waals surface area contributed by atoms with Crippen LogP contribution in [0.5, 0.6) is 5.75 Å². The number of carbonyl (C=O) groups excluding carboxylic acids is 4. The van der Waals surface area contributed by atoms with E-state index in [1.165, 1.54) is 6.07 Å². The van der Waals surface area contributed by atoms with Crippen LogP contribution < -0.4 is 5.73 Å². The van der Waals surface area contributed by atoms with Crippen molar-refractivity contribution in [3.63, 3.8) is 0 Å². The van der Waals surface area contributed by atoms with Crippen molar-refractivity contribution in [2.75, 3.05) is 0 Å². The van der Waals surface area contributed by atoms with E-state index in [-0.39, 0.29) is 29.4 Å². The number of primary amides is 1. The van der Waals surface area contributed by atoms with Gasteiger partial charge in [-0.1, -0.05) is 59.6 Å². The molecule has 1 aromatic rings. The smallest absolute Gasteiger partial charge is 0.230 e. The van der Waals surface area contributed by atoms with Crippen LogP contribution in [0.25, 0.3) is 0 Å². The summed E-state index contributed by atoms with van der Waals surface area (Å²) in [4.78, 5) is 55.0. The van der Waals surface area contributed by atoms with Crippen molar-refractivity contribution in [1.82, 2.24) is 0 Å². The number of ketones is 3. The maximum Gasteiger partial charge on any atom is 0.230 e.